The van der Waals surface area contributed by atoms with Gasteiger partial charge in [-0.05, 0) is 132 Å². The summed E-state index contributed by atoms with van der Waals surface area (Å²) >= 11 is 0. The van der Waals surface area contributed by atoms with Crippen molar-refractivity contribution < 1.29 is 18.1 Å². The summed E-state index contributed by atoms with van der Waals surface area (Å²) in [4.78, 5) is 0. The van der Waals surface area contributed by atoms with Gasteiger partial charge >= 0.3 is 0 Å². The van der Waals surface area contributed by atoms with E-state index >= 15 is 0 Å². The van der Waals surface area contributed by atoms with Gasteiger partial charge < -0.3 is 18.1 Å². The standard InChI is InChI=1S/C46H64O4P2/c1-27-19-28(2)22-33(21-27)47-51-49-41-37(45(13,14)15)25-35(43(7,8)9)31(5)39(41)40-32(6)36(44(10,11)12)26-38(46(16,17)18)42(40)50-52-48-34-23-29(3)20-30(4)24-34/h19-26,51-52H,1-18H3. The predicted molar refractivity (Wildman–Crippen MR) is 227 cm³/mol. The van der Waals surface area contributed by atoms with Gasteiger partial charge in [0.2, 0.25) is 0 Å². The lowest BCUT2D eigenvalue weighted by molar-refractivity contribution is 0.484. The van der Waals surface area contributed by atoms with Crippen molar-refractivity contribution in [1.82, 2.24) is 0 Å². The van der Waals surface area contributed by atoms with Crippen molar-refractivity contribution in [3.63, 3.8) is 0 Å². The molecule has 0 saturated carbocycles. The minimum atomic E-state index is -0.242. The third-order valence-electron chi connectivity index (χ3n) is 9.56. The van der Waals surface area contributed by atoms with Crippen LogP contribution in [-0.4, -0.2) is 0 Å². The second-order valence-electron chi connectivity index (χ2n) is 18.8. The topological polar surface area (TPSA) is 36.9 Å². The maximum Gasteiger partial charge on any atom is 0.275 e. The zero-order chi connectivity index (χ0) is 39.1. The summed E-state index contributed by atoms with van der Waals surface area (Å²) in [5.74, 6) is 3.32. The van der Waals surface area contributed by atoms with Gasteiger partial charge in [0.1, 0.15) is 23.0 Å². The summed E-state index contributed by atoms with van der Waals surface area (Å²) in [5, 5.41) is 0. The summed E-state index contributed by atoms with van der Waals surface area (Å²) in [6.45, 7) is 40.3. The van der Waals surface area contributed by atoms with Gasteiger partial charge in [-0.3, -0.25) is 0 Å². The Balaban J connectivity index is 2.09. The second kappa shape index (κ2) is 15.4. The van der Waals surface area contributed by atoms with Crippen LogP contribution in [0, 0.1) is 41.5 Å². The van der Waals surface area contributed by atoms with Gasteiger partial charge in [0.25, 0.3) is 18.1 Å². The van der Waals surface area contributed by atoms with Crippen LogP contribution in [0.3, 0.4) is 0 Å². The number of hydrogen-bond donors (Lipinski definition) is 0. The van der Waals surface area contributed by atoms with Crippen molar-refractivity contribution in [3.8, 4) is 34.1 Å². The second-order valence-corrected chi connectivity index (χ2v) is 20.0. The van der Waals surface area contributed by atoms with E-state index < -0.39 is 0 Å². The van der Waals surface area contributed by atoms with E-state index in [9.17, 15) is 0 Å². The van der Waals surface area contributed by atoms with Gasteiger partial charge in [-0.15, -0.1) is 0 Å². The molecule has 0 N–H and O–H groups in total. The summed E-state index contributed by atoms with van der Waals surface area (Å²) in [6.07, 6.45) is 0. The molecule has 52 heavy (non-hydrogen) atoms. The Labute approximate surface area is 319 Å². The first kappa shape index (κ1) is 41.7. The quantitative estimate of drug-likeness (QED) is 0.160. The van der Waals surface area contributed by atoms with E-state index in [1.54, 1.807) is 0 Å². The Morgan fingerprint density at radius 2 is 0.615 bits per heavy atom. The fraction of sp³-hybridized carbons (Fsp3) is 0.478. The van der Waals surface area contributed by atoms with Crippen LogP contribution < -0.4 is 18.1 Å². The number of benzene rings is 4. The van der Waals surface area contributed by atoms with Gasteiger partial charge in [0.15, 0.2) is 0 Å². The zero-order valence-corrected chi connectivity index (χ0v) is 37.3. The van der Waals surface area contributed by atoms with Crippen LogP contribution in [-0.2, 0) is 21.7 Å². The first-order valence-corrected chi connectivity index (χ1v) is 20.1. The molecule has 282 valence electrons. The lowest BCUT2D eigenvalue weighted by Gasteiger charge is -2.35. The molecule has 4 rings (SSSR count). The van der Waals surface area contributed by atoms with Gasteiger partial charge in [0.05, 0.1) is 0 Å². The third-order valence-corrected chi connectivity index (χ3v) is 10.8. The average Bonchev–Trinajstić information content (AvgIpc) is 2.94. The van der Waals surface area contributed by atoms with E-state index in [0.717, 1.165) is 67.5 Å². The van der Waals surface area contributed by atoms with E-state index in [0.29, 0.717) is 0 Å². The number of aryl methyl sites for hydroxylation is 4. The van der Waals surface area contributed by atoms with Crippen LogP contribution in [0.2, 0.25) is 0 Å². The van der Waals surface area contributed by atoms with E-state index in [1.165, 1.54) is 22.3 Å². The highest BCUT2D eigenvalue weighted by atomic mass is 31.1. The van der Waals surface area contributed by atoms with Crippen LogP contribution in [0.15, 0.2) is 48.5 Å². The molecule has 0 aliphatic heterocycles. The van der Waals surface area contributed by atoms with Crippen LogP contribution in [0.25, 0.3) is 11.1 Å². The van der Waals surface area contributed by atoms with Crippen molar-refractivity contribution in [2.24, 2.45) is 0 Å². The first-order chi connectivity index (χ1) is 23.8. The molecule has 0 aliphatic rings. The highest BCUT2D eigenvalue weighted by molar-refractivity contribution is 7.27. The largest absolute Gasteiger partial charge is 0.441 e. The lowest BCUT2D eigenvalue weighted by Crippen LogP contribution is -2.22. The molecule has 0 aliphatic carbocycles. The molecule has 4 aromatic carbocycles. The van der Waals surface area contributed by atoms with Gasteiger partial charge in [-0.1, -0.05) is 107 Å². The molecule has 0 heterocycles. The van der Waals surface area contributed by atoms with Crippen molar-refractivity contribution in [1.29, 1.82) is 0 Å². The van der Waals surface area contributed by atoms with Crippen molar-refractivity contribution in [2.45, 2.75) is 146 Å². The fourth-order valence-electron chi connectivity index (χ4n) is 7.21. The van der Waals surface area contributed by atoms with E-state index in [-0.39, 0.29) is 39.7 Å². The third kappa shape index (κ3) is 9.72. The van der Waals surface area contributed by atoms with Crippen LogP contribution in [0.1, 0.15) is 139 Å². The first-order valence-electron chi connectivity index (χ1n) is 18.5. The molecule has 0 radical (unpaired) electrons. The number of hydrogen-bond acceptors (Lipinski definition) is 4. The zero-order valence-electron chi connectivity index (χ0n) is 35.3. The van der Waals surface area contributed by atoms with Crippen molar-refractivity contribution in [3.05, 3.63) is 104 Å². The summed E-state index contributed by atoms with van der Waals surface area (Å²) in [6, 6.07) is 17.3. The molecule has 0 fully saturated rings. The molecular formula is C46H64O4P2. The SMILES string of the molecule is Cc1cc(C)cc(OPOc2c(C(C)(C)C)cc(C(C)(C)C)c(C)c2-c2c(C)c(C(C)(C)C)cc(C(C)(C)C)c2OPOc2cc(C)cc(C)c2)c1. The van der Waals surface area contributed by atoms with Gasteiger partial charge in [0, 0.05) is 22.3 Å². The molecule has 0 amide bonds. The molecule has 2 unspecified atom stereocenters. The van der Waals surface area contributed by atoms with Crippen LogP contribution in [0.4, 0.5) is 0 Å². The Kier molecular flexibility index (Phi) is 12.3. The Hall–Kier alpha value is -3.06. The Morgan fingerprint density at radius 1 is 0.346 bits per heavy atom. The van der Waals surface area contributed by atoms with E-state index in [2.05, 4.69) is 173 Å². The fourth-order valence-corrected chi connectivity index (χ4v) is 8.31. The van der Waals surface area contributed by atoms with E-state index in [4.69, 9.17) is 18.1 Å². The molecule has 0 saturated heterocycles. The summed E-state index contributed by atoms with van der Waals surface area (Å²) in [7, 11) is -0.483. The smallest absolute Gasteiger partial charge is 0.275 e. The molecule has 4 nitrogen and oxygen atoms in total. The highest BCUT2D eigenvalue weighted by Crippen LogP contribution is 2.54. The molecule has 2 atom stereocenters. The van der Waals surface area contributed by atoms with E-state index in [1.807, 2.05) is 0 Å². The maximum absolute atomic E-state index is 6.96. The Morgan fingerprint density at radius 3 is 0.865 bits per heavy atom. The summed E-state index contributed by atoms with van der Waals surface area (Å²) < 4.78 is 26.7. The molecule has 4 aromatic rings. The van der Waals surface area contributed by atoms with Crippen LogP contribution in [0.5, 0.6) is 23.0 Å². The molecule has 6 heteroatoms. The highest BCUT2D eigenvalue weighted by Gasteiger charge is 2.35. The van der Waals surface area contributed by atoms with Crippen molar-refractivity contribution in [2.75, 3.05) is 0 Å². The van der Waals surface area contributed by atoms with Gasteiger partial charge in [-0.2, -0.15) is 0 Å². The predicted octanol–water partition coefficient (Wildman–Crippen LogP) is 14.3. The minimum absolute atomic E-state index is 0.119. The Bertz CT molecular complexity index is 1750. The summed E-state index contributed by atoms with van der Waals surface area (Å²) in [5.41, 5.74) is 13.3. The maximum atomic E-state index is 6.96. The molecular weight excluding hydrogens is 678 g/mol. The molecule has 0 bridgehead atoms. The lowest BCUT2D eigenvalue weighted by atomic mass is 9.72. The van der Waals surface area contributed by atoms with Gasteiger partial charge in [-0.25, -0.2) is 0 Å². The molecule has 0 spiro atoms. The number of rotatable bonds is 9. The normalized spacial score (nSPS) is 13.0. The van der Waals surface area contributed by atoms with Crippen molar-refractivity contribution >= 4 is 18.1 Å². The van der Waals surface area contributed by atoms with Crippen LogP contribution >= 0.6 is 18.1 Å². The average molecular weight is 743 g/mol. The monoisotopic (exact) mass is 742 g/mol. The molecule has 0 aromatic heterocycles. The minimum Gasteiger partial charge on any atom is -0.441 e.